The summed E-state index contributed by atoms with van der Waals surface area (Å²) >= 11 is 0. The van der Waals surface area contributed by atoms with Crippen LogP contribution >= 0.6 is 0 Å². The molecule has 1 atom stereocenters. The number of carbonyl (C=O) groups excluding carboxylic acids is 1. The SMILES string of the molecule is CC(C)c1ccc(CN(C(=O)c2ccc(F)cc2)C2CCS(=O)(=O)C2)cc1. The topological polar surface area (TPSA) is 54.5 Å². The lowest BCUT2D eigenvalue weighted by Crippen LogP contribution is -2.40. The molecule has 2 aromatic rings. The summed E-state index contributed by atoms with van der Waals surface area (Å²) in [6, 6.07) is 13.0. The number of nitrogens with zero attached hydrogens (tertiary/aromatic N) is 1. The lowest BCUT2D eigenvalue weighted by atomic mass is 10.0. The molecule has 1 aliphatic rings. The van der Waals surface area contributed by atoms with Gasteiger partial charge >= 0.3 is 0 Å². The van der Waals surface area contributed by atoms with Crippen LogP contribution in [-0.4, -0.2) is 36.8 Å². The van der Waals surface area contributed by atoms with Crippen LogP contribution in [0.4, 0.5) is 4.39 Å². The van der Waals surface area contributed by atoms with Crippen molar-refractivity contribution >= 4 is 15.7 Å². The van der Waals surface area contributed by atoms with Gasteiger partial charge in [-0.2, -0.15) is 0 Å². The van der Waals surface area contributed by atoms with E-state index in [1.54, 1.807) is 4.90 Å². The molecule has 4 nitrogen and oxygen atoms in total. The normalized spacial score (nSPS) is 18.6. The Hall–Kier alpha value is -2.21. The van der Waals surface area contributed by atoms with E-state index in [0.717, 1.165) is 5.56 Å². The van der Waals surface area contributed by atoms with Gasteiger partial charge in [0, 0.05) is 18.2 Å². The van der Waals surface area contributed by atoms with Gasteiger partial charge in [0.1, 0.15) is 5.82 Å². The van der Waals surface area contributed by atoms with Gasteiger partial charge in [-0.15, -0.1) is 0 Å². The molecule has 1 saturated heterocycles. The standard InChI is InChI=1S/C21H24FNO3S/c1-15(2)17-5-3-16(4-6-17)13-23(20-11-12-27(25,26)14-20)21(24)18-7-9-19(22)10-8-18/h3-10,15,20H,11-14H2,1-2H3. The molecular weight excluding hydrogens is 365 g/mol. The van der Waals surface area contributed by atoms with Crippen molar-refractivity contribution in [2.75, 3.05) is 11.5 Å². The monoisotopic (exact) mass is 389 g/mol. The number of benzene rings is 2. The summed E-state index contributed by atoms with van der Waals surface area (Å²) in [5.74, 6) is -0.201. The molecule has 1 heterocycles. The number of halogens is 1. The number of rotatable bonds is 5. The van der Waals surface area contributed by atoms with Crippen molar-refractivity contribution in [3.63, 3.8) is 0 Å². The highest BCUT2D eigenvalue weighted by molar-refractivity contribution is 7.91. The van der Waals surface area contributed by atoms with E-state index in [9.17, 15) is 17.6 Å². The lowest BCUT2D eigenvalue weighted by Gasteiger charge is -2.28. The summed E-state index contributed by atoms with van der Waals surface area (Å²) in [5.41, 5.74) is 2.51. The average molecular weight is 389 g/mol. The first-order valence-corrected chi connectivity index (χ1v) is 10.9. The Balaban J connectivity index is 1.87. The van der Waals surface area contributed by atoms with Crippen LogP contribution < -0.4 is 0 Å². The van der Waals surface area contributed by atoms with E-state index in [0.29, 0.717) is 24.4 Å². The molecule has 0 aliphatic carbocycles. The van der Waals surface area contributed by atoms with Gasteiger partial charge in [0.25, 0.3) is 5.91 Å². The minimum atomic E-state index is -3.13. The minimum Gasteiger partial charge on any atom is -0.330 e. The molecular formula is C21H24FNO3S. The second-order valence-electron chi connectivity index (χ2n) is 7.39. The maximum atomic E-state index is 13.2. The quantitative estimate of drug-likeness (QED) is 0.782. The van der Waals surface area contributed by atoms with Crippen molar-refractivity contribution in [3.8, 4) is 0 Å². The molecule has 0 N–H and O–H groups in total. The van der Waals surface area contributed by atoms with Crippen LogP contribution in [0.2, 0.25) is 0 Å². The van der Waals surface area contributed by atoms with E-state index in [-0.39, 0.29) is 23.5 Å². The Morgan fingerprint density at radius 3 is 2.26 bits per heavy atom. The Morgan fingerprint density at radius 2 is 1.74 bits per heavy atom. The third-order valence-electron chi connectivity index (χ3n) is 5.00. The summed E-state index contributed by atoms with van der Waals surface area (Å²) in [4.78, 5) is 14.7. The average Bonchev–Trinajstić information content (AvgIpc) is 2.99. The van der Waals surface area contributed by atoms with E-state index in [4.69, 9.17) is 0 Å². The van der Waals surface area contributed by atoms with Gasteiger partial charge in [0.15, 0.2) is 9.84 Å². The van der Waals surface area contributed by atoms with Crippen molar-refractivity contribution in [1.29, 1.82) is 0 Å². The van der Waals surface area contributed by atoms with Crippen molar-refractivity contribution in [2.24, 2.45) is 0 Å². The fourth-order valence-electron chi connectivity index (χ4n) is 3.35. The molecule has 1 unspecified atom stereocenters. The van der Waals surface area contributed by atoms with E-state index in [1.807, 2.05) is 24.3 Å². The van der Waals surface area contributed by atoms with E-state index in [1.165, 1.54) is 29.8 Å². The van der Waals surface area contributed by atoms with Gasteiger partial charge in [0.2, 0.25) is 0 Å². The number of amides is 1. The van der Waals surface area contributed by atoms with Crippen LogP contribution in [0.3, 0.4) is 0 Å². The molecule has 6 heteroatoms. The maximum Gasteiger partial charge on any atom is 0.254 e. The molecule has 1 fully saturated rings. The maximum absolute atomic E-state index is 13.2. The Morgan fingerprint density at radius 1 is 1.11 bits per heavy atom. The summed E-state index contributed by atoms with van der Waals surface area (Å²) < 4.78 is 37.1. The highest BCUT2D eigenvalue weighted by atomic mass is 32.2. The smallest absolute Gasteiger partial charge is 0.254 e. The number of sulfone groups is 1. The highest BCUT2D eigenvalue weighted by Gasteiger charge is 2.35. The Kier molecular flexibility index (Phi) is 5.65. The summed E-state index contributed by atoms with van der Waals surface area (Å²) in [6.07, 6.45) is 0.430. The molecule has 0 bridgehead atoms. The summed E-state index contributed by atoms with van der Waals surface area (Å²) in [5, 5.41) is 0. The zero-order valence-corrected chi connectivity index (χ0v) is 16.4. The molecule has 3 rings (SSSR count). The van der Waals surface area contributed by atoms with Crippen LogP contribution in [-0.2, 0) is 16.4 Å². The summed E-state index contributed by atoms with van der Waals surface area (Å²) in [7, 11) is -3.13. The largest absolute Gasteiger partial charge is 0.330 e. The molecule has 144 valence electrons. The lowest BCUT2D eigenvalue weighted by molar-refractivity contribution is 0.0681. The molecule has 0 aromatic heterocycles. The second kappa shape index (κ2) is 7.80. The predicted octanol–water partition coefficient (Wildman–Crippen LogP) is 3.78. The molecule has 0 saturated carbocycles. The van der Waals surface area contributed by atoms with E-state index < -0.39 is 15.7 Å². The third kappa shape index (κ3) is 4.75. The Labute approximate surface area is 159 Å². The fourth-order valence-corrected chi connectivity index (χ4v) is 5.08. The van der Waals surface area contributed by atoms with Crippen molar-refractivity contribution in [2.45, 2.75) is 38.8 Å². The van der Waals surface area contributed by atoms with Crippen LogP contribution in [0.15, 0.2) is 48.5 Å². The zero-order valence-electron chi connectivity index (χ0n) is 15.6. The number of hydrogen-bond donors (Lipinski definition) is 0. The van der Waals surface area contributed by atoms with Gasteiger partial charge in [-0.05, 0) is 47.7 Å². The van der Waals surface area contributed by atoms with Gasteiger partial charge in [-0.25, -0.2) is 12.8 Å². The van der Waals surface area contributed by atoms with E-state index >= 15 is 0 Å². The highest BCUT2D eigenvalue weighted by Crippen LogP contribution is 2.23. The summed E-state index contributed by atoms with van der Waals surface area (Å²) in [6.45, 7) is 4.56. The molecule has 1 aliphatic heterocycles. The van der Waals surface area contributed by atoms with Crippen LogP contribution in [0.1, 0.15) is 47.7 Å². The van der Waals surface area contributed by atoms with Crippen LogP contribution in [0.5, 0.6) is 0 Å². The Bertz CT molecular complexity index is 905. The second-order valence-corrected chi connectivity index (χ2v) is 9.62. The first-order valence-electron chi connectivity index (χ1n) is 9.11. The number of carbonyl (C=O) groups is 1. The van der Waals surface area contributed by atoms with Gasteiger partial charge in [-0.1, -0.05) is 38.1 Å². The van der Waals surface area contributed by atoms with Gasteiger partial charge < -0.3 is 4.90 Å². The molecule has 1 amide bonds. The van der Waals surface area contributed by atoms with Crippen molar-refractivity contribution in [1.82, 2.24) is 4.90 Å². The van der Waals surface area contributed by atoms with Crippen LogP contribution in [0.25, 0.3) is 0 Å². The van der Waals surface area contributed by atoms with Crippen molar-refractivity contribution < 1.29 is 17.6 Å². The van der Waals surface area contributed by atoms with E-state index in [2.05, 4.69) is 13.8 Å². The first-order chi connectivity index (χ1) is 12.7. The third-order valence-corrected chi connectivity index (χ3v) is 6.75. The molecule has 0 radical (unpaired) electrons. The predicted molar refractivity (Wildman–Crippen MR) is 104 cm³/mol. The first kappa shape index (κ1) is 19.5. The van der Waals surface area contributed by atoms with Gasteiger partial charge in [-0.3, -0.25) is 4.79 Å². The van der Waals surface area contributed by atoms with Crippen LogP contribution in [0, 0.1) is 5.82 Å². The fraction of sp³-hybridized carbons (Fsp3) is 0.381. The van der Waals surface area contributed by atoms with Crippen molar-refractivity contribution in [3.05, 3.63) is 71.0 Å². The molecule has 27 heavy (non-hydrogen) atoms. The zero-order chi connectivity index (χ0) is 19.6. The van der Waals surface area contributed by atoms with Gasteiger partial charge in [0.05, 0.1) is 11.5 Å². The molecule has 2 aromatic carbocycles. The minimum absolute atomic E-state index is 0.0238. The molecule has 0 spiro atoms. The number of hydrogen-bond acceptors (Lipinski definition) is 3.